The summed E-state index contributed by atoms with van der Waals surface area (Å²) in [5, 5.41) is 21.7. The largest absolute Gasteiger partial charge is 0.390 e. The third-order valence-corrected chi connectivity index (χ3v) is 3.20. The van der Waals surface area contributed by atoms with Gasteiger partial charge in [-0.15, -0.1) is 0 Å². The summed E-state index contributed by atoms with van der Waals surface area (Å²) in [7, 11) is 0. The molecular weight excluding hydrogens is 294 g/mol. The van der Waals surface area contributed by atoms with E-state index in [1.165, 1.54) is 0 Å². The van der Waals surface area contributed by atoms with E-state index in [9.17, 15) is 24.6 Å². The van der Waals surface area contributed by atoms with E-state index in [0.29, 0.717) is 0 Å². The van der Waals surface area contributed by atoms with Gasteiger partial charge in [-0.3, -0.25) is 19.3 Å². The third kappa shape index (κ3) is 5.90. The van der Waals surface area contributed by atoms with Crippen LogP contribution in [0.3, 0.4) is 0 Å². The summed E-state index contributed by atoms with van der Waals surface area (Å²) in [6.07, 6.45) is 0.677. The van der Waals surface area contributed by atoms with E-state index in [1.807, 2.05) is 0 Å². The van der Waals surface area contributed by atoms with Crippen LogP contribution >= 0.6 is 0 Å². The van der Waals surface area contributed by atoms with Crippen molar-refractivity contribution in [3.05, 3.63) is 12.2 Å². The van der Waals surface area contributed by atoms with Gasteiger partial charge in [0.2, 0.25) is 5.91 Å². The molecule has 0 saturated carbocycles. The molecule has 124 valence electrons. The van der Waals surface area contributed by atoms with Gasteiger partial charge in [0, 0.05) is 38.1 Å². The second-order valence-corrected chi connectivity index (χ2v) is 4.84. The van der Waals surface area contributed by atoms with Crippen molar-refractivity contribution < 1.29 is 29.4 Å². The van der Waals surface area contributed by atoms with Crippen molar-refractivity contribution in [1.82, 2.24) is 10.2 Å². The Morgan fingerprint density at radius 3 is 2.41 bits per heavy atom. The molecular formula is C13H21N3O6. The maximum atomic E-state index is 11.6. The van der Waals surface area contributed by atoms with Gasteiger partial charge in [0.1, 0.15) is 0 Å². The van der Waals surface area contributed by atoms with Crippen LogP contribution in [0.5, 0.6) is 0 Å². The van der Waals surface area contributed by atoms with Crippen molar-refractivity contribution >= 4 is 17.7 Å². The summed E-state index contributed by atoms with van der Waals surface area (Å²) >= 11 is 0. The van der Waals surface area contributed by atoms with E-state index >= 15 is 0 Å². The molecule has 0 bridgehead atoms. The van der Waals surface area contributed by atoms with Gasteiger partial charge in [0.25, 0.3) is 11.8 Å². The standard InChI is InChI=1S/C13H21N3O6/c14-22-8-5-10(18)9(17)3-6-15-11(19)4-7-16-12(20)1-2-13(16)21/h1-2,9-10,17-18H,3-8,14H2,(H,15,19). The van der Waals surface area contributed by atoms with Crippen LogP contribution in [0.1, 0.15) is 19.3 Å². The SMILES string of the molecule is NOCCC(O)C(O)CCNC(=O)CCN1C(=O)C=CC1=O. The Kier molecular flexibility index (Phi) is 7.67. The van der Waals surface area contributed by atoms with Gasteiger partial charge >= 0.3 is 0 Å². The second-order valence-electron chi connectivity index (χ2n) is 4.84. The van der Waals surface area contributed by atoms with Crippen LogP contribution in [0.15, 0.2) is 12.2 Å². The van der Waals surface area contributed by atoms with Gasteiger partial charge in [0.15, 0.2) is 0 Å². The highest BCUT2D eigenvalue weighted by molar-refractivity contribution is 6.13. The number of rotatable bonds is 10. The molecule has 0 aromatic heterocycles. The Morgan fingerprint density at radius 1 is 1.23 bits per heavy atom. The Labute approximate surface area is 127 Å². The van der Waals surface area contributed by atoms with Gasteiger partial charge in [-0.2, -0.15) is 0 Å². The van der Waals surface area contributed by atoms with Crippen LogP contribution in [-0.2, 0) is 19.2 Å². The molecule has 1 aliphatic rings. The van der Waals surface area contributed by atoms with Crippen molar-refractivity contribution in [1.29, 1.82) is 0 Å². The van der Waals surface area contributed by atoms with E-state index in [4.69, 9.17) is 5.90 Å². The average Bonchev–Trinajstić information content (AvgIpc) is 2.81. The predicted octanol–water partition coefficient (Wildman–Crippen LogP) is -2.19. The molecule has 9 heteroatoms. The summed E-state index contributed by atoms with van der Waals surface area (Å²) in [4.78, 5) is 39.4. The molecule has 0 aliphatic carbocycles. The number of amides is 3. The fourth-order valence-corrected chi connectivity index (χ4v) is 1.89. The number of nitrogens with zero attached hydrogens (tertiary/aromatic N) is 1. The van der Waals surface area contributed by atoms with Gasteiger partial charge in [-0.25, -0.2) is 5.90 Å². The van der Waals surface area contributed by atoms with Crippen molar-refractivity contribution in [2.45, 2.75) is 31.5 Å². The molecule has 9 nitrogen and oxygen atoms in total. The maximum absolute atomic E-state index is 11.6. The topological polar surface area (TPSA) is 142 Å². The van der Waals surface area contributed by atoms with E-state index in [-0.39, 0.29) is 44.9 Å². The fraction of sp³-hybridized carbons (Fsp3) is 0.615. The predicted molar refractivity (Wildman–Crippen MR) is 74.9 cm³/mol. The zero-order valence-corrected chi connectivity index (χ0v) is 12.1. The molecule has 3 amide bonds. The number of carbonyl (C=O) groups excluding carboxylic acids is 3. The van der Waals surface area contributed by atoms with Crippen LogP contribution in [0.2, 0.25) is 0 Å². The molecule has 5 N–H and O–H groups in total. The van der Waals surface area contributed by atoms with Crippen molar-refractivity contribution in [2.75, 3.05) is 19.7 Å². The molecule has 0 fully saturated rings. The van der Waals surface area contributed by atoms with E-state index < -0.39 is 24.0 Å². The second kappa shape index (κ2) is 9.26. The smallest absolute Gasteiger partial charge is 0.253 e. The number of carbonyl (C=O) groups is 3. The average molecular weight is 315 g/mol. The molecule has 0 aromatic carbocycles. The first-order chi connectivity index (χ1) is 10.5. The Bertz CT molecular complexity index is 421. The zero-order valence-electron chi connectivity index (χ0n) is 12.1. The number of hydrogen-bond donors (Lipinski definition) is 4. The minimum absolute atomic E-state index is 0.00944. The lowest BCUT2D eigenvalue weighted by molar-refractivity contribution is -0.137. The zero-order chi connectivity index (χ0) is 16.5. The van der Waals surface area contributed by atoms with Crippen LogP contribution in [0, 0.1) is 0 Å². The van der Waals surface area contributed by atoms with Gasteiger partial charge in [-0.1, -0.05) is 0 Å². The number of nitrogens with two attached hydrogens (primary N) is 1. The lowest BCUT2D eigenvalue weighted by Crippen LogP contribution is -2.36. The summed E-state index contributed by atoms with van der Waals surface area (Å²) < 4.78 is 0. The molecule has 0 saturated heterocycles. The monoisotopic (exact) mass is 315 g/mol. The Morgan fingerprint density at radius 2 is 1.82 bits per heavy atom. The van der Waals surface area contributed by atoms with Crippen LogP contribution < -0.4 is 11.2 Å². The first kappa shape index (κ1) is 18.2. The minimum atomic E-state index is -0.999. The first-order valence-electron chi connectivity index (χ1n) is 6.93. The number of nitrogens with one attached hydrogen (secondary N) is 1. The summed E-state index contributed by atoms with van der Waals surface area (Å²) in [6, 6.07) is 0. The summed E-state index contributed by atoms with van der Waals surface area (Å²) in [6.45, 7) is 0.298. The maximum Gasteiger partial charge on any atom is 0.253 e. The van der Waals surface area contributed by atoms with E-state index in [2.05, 4.69) is 10.2 Å². The number of imide groups is 1. The lowest BCUT2D eigenvalue weighted by atomic mass is 10.1. The van der Waals surface area contributed by atoms with Gasteiger partial charge in [0.05, 0.1) is 18.8 Å². The summed E-state index contributed by atoms with van der Waals surface area (Å²) in [5.74, 6) is 3.60. The van der Waals surface area contributed by atoms with E-state index in [0.717, 1.165) is 17.1 Å². The molecule has 0 spiro atoms. The molecule has 2 atom stereocenters. The highest BCUT2D eigenvalue weighted by Gasteiger charge is 2.23. The van der Waals surface area contributed by atoms with E-state index in [1.54, 1.807) is 0 Å². The van der Waals surface area contributed by atoms with Crippen LogP contribution in [0.25, 0.3) is 0 Å². The fourth-order valence-electron chi connectivity index (χ4n) is 1.89. The lowest BCUT2D eigenvalue weighted by Gasteiger charge is -2.17. The third-order valence-electron chi connectivity index (χ3n) is 3.20. The molecule has 0 aromatic rings. The first-order valence-corrected chi connectivity index (χ1v) is 6.93. The molecule has 1 rings (SSSR count). The van der Waals surface area contributed by atoms with Crippen LogP contribution in [0.4, 0.5) is 0 Å². The van der Waals surface area contributed by atoms with Crippen molar-refractivity contribution in [3.63, 3.8) is 0 Å². The Balaban J connectivity index is 2.15. The van der Waals surface area contributed by atoms with Crippen molar-refractivity contribution in [3.8, 4) is 0 Å². The van der Waals surface area contributed by atoms with Crippen molar-refractivity contribution in [2.24, 2.45) is 5.90 Å². The van der Waals surface area contributed by atoms with Crippen LogP contribution in [-0.4, -0.2) is 64.7 Å². The molecule has 1 aliphatic heterocycles. The molecule has 0 radical (unpaired) electrons. The quantitative estimate of drug-likeness (QED) is 0.265. The number of aliphatic hydroxyl groups is 2. The molecule has 22 heavy (non-hydrogen) atoms. The van der Waals surface area contributed by atoms with Gasteiger partial charge in [-0.05, 0) is 6.42 Å². The molecule has 1 heterocycles. The highest BCUT2D eigenvalue weighted by atomic mass is 16.6. The number of hydrogen-bond acceptors (Lipinski definition) is 7. The number of aliphatic hydroxyl groups excluding tert-OH is 2. The Hall–Kier alpha value is -1.81. The normalized spacial score (nSPS) is 17.0. The summed E-state index contributed by atoms with van der Waals surface area (Å²) in [5.41, 5.74) is 0. The highest BCUT2D eigenvalue weighted by Crippen LogP contribution is 2.05. The molecule has 2 unspecified atom stereocenters. The van der Waals surface area contributed by atoms with Gasteiger partial charge < -0.3 is 20.4 Å². The minimum Gasteiger partial charge on any atom is -0.390 e.